The summed E-state index contributed by atoms with van der Waals surface area (Å²) in [4.78, 5) is 13.2. The van der Waals surface area contributed by atoms with E-state index in [9.17, 15) is 4.79 Å². The lowest BCUT2D eigenvalue weighted by Crippen LogP contribution is -2.61. The fourth-order valence-corrected chi connectivity index (χ4v) is 4.36. The molecule has 1 amide bonds. The maximum Gasteiger partial charge on any atom is 0.408 e. The average molecular weight is 598 g/mol. The van der Waals surface area contributed by atoms with E-state index in [0.717, 1.165) is 5.56 Å². The molecule has 0 bridgehead atoms. The molecule has 3 aliphatic rings. The average Bonchev–Trinajstić information content (AvgIpc) is 2.95. The zero-order valence-corrected chi connectivity index (χ0v) is 25.7. The van der Waals surface area contributed by atoms with Gasteiger partial charge in [-0.05, 0) is 47.1 Å². The number of rotatable bonds is 12. The van der Waals surface area contributed by atoms with E-state index in [-0.39, 0.29) is 44.7 Å². The van der Waals surface area contributed by atoms with Gasteiger partial charge in [0.05, 0.1) is 59.5 Å². The summed E-state index contributed by atoms with van der Waals surface area (Å²) in [5.41, 5.74) is -0.292. The number of benzene rings is 1. The van der Waals surface area contributed by atoms with Gasteiger partial charge in [0.25, 0.3) is 0 Å². The van der Waals surface area contributed by atoms with Gasteiger partial charge in [-0.1, -0.05) is 30.3 Å². The predicted octanol–water partition coefficient (Wildman–Crippen LogP) is 3.16. The minimum absolute atomic E-state index is 0.0328. The van der Waals surface area contributed by atoms with Crippen molar-refractivity contribution >= 4 is 6.09 Å². The van der Waals surface area contributed by atoms with Gasteiger partial charge in [-0.25, -0.2) is 4.79 Å². The number of carbonyl (C=O) groups is 1. The van der Waals surface area contributed by atoms with E-state index < -0.39 is 29.0 Å². The first-order valence-electron chi connectivity index (χ1n) is 14.5. The van der Waals surface area contributed by atoms with E-state index >= 15 is 0 Å². The second-order valence-corrected chi connectivity index (χ2v) is 12.3. The molecule has 0 spiro atoms. The summed E-state index contributed by atoms with van der Waals surface area (Å²) in [6.45, 7) is 13.3. The van der Waals surface area contributed by atoms with E-state index in [1.807, 2.05) is 71.9 Å². The van der Waals surface area contributed by atoms with Crippen LogP contribution in [0.25, 0.3) is 0 Å². The maximum absolute atomic E-state index is 13.2. The van der Waals surface area contributed by atoms with Gasteiger partial charge in [-0.15, -0.1) is 0 Å². The molecule has 0 radical (unpaired) electrons. The minimum atomic E-state index is -1.15. The third kappa shape index (κ3) is 10.7. The van der Waals surface area contributed by atoms with Crippen molar-refractivity contribution in [3.8, 4) is 0 Å². The second-order valence-electron chi connectivity index (χ2n) is 12.3. The molecule has 4 rings (SSSR count). The molecular weight excluding hydrogens is 550 g/mol. The Bertz CT molecular complexity index is 878. The van der Waals surface area contributed by atoms with Gasteiger partial charge >= 0.3 is 6.09 Å². The van der Waals surface area contributed by atoms with Crippen LogP contribution in [0.15, 0.2) is 30.3 Å². The van der Waals surface area contributed by atoms with Crippen LogP contribution >= 0.6 is 0 Å². The molecule has 0 saturated carbocycles. The zero-order chi connectivity index (χ0) is 30.3. The summed E-state index contributed by atoms with van der Waals surface area (Å²) < 4.78 is 59.0. The van der Waals surface area contributed by atoms with Crippen LogP contribution in [-0.2, 0) is 54.0 Å². The fourth-order valence-electron chi connectivity index (χ4n) is 4.36. The number of hydrogen-bond donors (Lipinski definition) is 1. The number of hydrogen-bond acceptors (Lipinski definition) is 11. The monoisotopic (exact) mass is 597 g/mol. The number of carbonyl (C=O) groups excluding carboxylic acids is 1. The van der Waals surface area contributed by atoms with Crippen molar-refractivity contribution in [2.45, 2.75) is 89.4 Å². The molecule has 0 aromatic heterocycles. The maximum atomic E-state index is 13.2. The number of amides is 1. The van der Waals surface area contributed by atoms with Gasteiger partial charge in [0.1, 0.15) is 30.5 Å². The molecule has 1 N–H and O–H groups in total. The summed E-state index contributed by atoms with van der Waals surface area (Å²) in [7, 11) is 0. The Morgan fingerprint density at radius 1 is 0.690 bits per heavy atom. The van der Waals surface area contributed by atoms with Gasteiger partial charge in [-0.3, -0.25) is 0 Å². The highest BCUT2D eigenvalue weighted by atomic mass is 16.7. The standard InChI is InChI=1S/C30H47NO11/c1-27(2)37-13-23(14-38-27)34-19-30(20-35-24-15-39-28(3,4)40-16-24,21-36-25-17-41-29(5,6)42-18-25)31-26(32)33-12-22-10-8-7-9-11-22/h7-11,23-25H,12-21H2,1-6H3,(H,31,32). The lowest BCUT2D eigenvalue weighted by Gasteiger charge is -2.41. The smallest absolute Gasteiger partial charge is 0.408 e. The molecule has 1 aromatic rings. The van der Waals surface area contributed by atoms with E-state index in [1.165, 1.54) is 0 Å². The third-order valence-electron chi connectivity index (χ3n) is 7.07. The topological polar surface area (TPSA) is 121 Å². The number of nitrogens with one attached hydrogen (secondary N) is 1. The molecule has 3 aliphatic heterocycles. The molecule has 1 aromatic carbocycles. The summed E-state index contributed by atoms with van der Waals surface area (Å²) >= 11 is 0. The largest absolute Gasteiger partial charge is 0.445 e. The molecule has 3 fully saturated rings. The highest BCUT2D eigenvalue weighted by Crippen LogP contribution is 2.24. The van der Waals surface area contributed by atoms with Gasteiger partial charge in [0, 0.05) is 0 Å². The summed E-state index contributed by atoms with van der Waals surface area (Å²) in [5.74, 6) is -2.06. The molecule has 42 heavy (non-hydrogen) atoms. The van der Waals surface area contributed by atoms with Gasteiger partial charge in [0.2, 0.25) is 0 Å². The van der Waals surface area contributed by atoms with Crippen LogP contribution in [0.2, 0.25) is 0 Å². The Hall–Kier alpha value is -1.87. The van der Waals surface area contributed by atoms with Crippen LogP contribution in [0.4, 0.5) is 4.79 Å². The Balaban J connectivity index is 1.46. The summed E-state index contributed by atoms with van der Waals surface area (Å²) in [5, 5.41) is 2.99. The number of alkyl carbamates (subject to hydrolysis) is 1. The van der Waals surface area contributed by atoms with Crippen LogP contribution in [-0.4, -0.2) is 107 Å². The molecule has 0 unspecified atom stereocenters. The zero-order valence-electron chi connectivity index (χ0n) is 25.7. The molecule has 12 heteroatoms. The van der Waals surface area contributed by atoms with Crippen molar-refractivity contribution in [2.24, 2.45) is 0 Å². The lowest BCUT2D eigenvalue weighted by molar-refractivity contribution is -0.291. The first-order chi connectivity index (χ1) is 19.8. The normalized spacial score (nSPS) is 23.4. The Morgan fingerprint density at radius 2 is 1.05 bits per heavy atom. The van der Waals surface area contributed by atoms with E-state index in [1.54, 1.807) is 0 Å². The molecule has 12 nitrogen and oxygen atoms in total. The third-order valence-corrected chi connectivity index (χ3v) is 7.07. The SMILES string of the molecule is CC1(C)OCC(OCC(COC2COC(C)(C)OC2)(COC2COC(C)(C)OC2)NC(=O)OCc2ccccc2)CO1. The van der Waals surface area contributed by atoms with E-state index in [2.05, 4.69) is 5.32 Å². The van der Waals surface area contributed by atoms with Crippen molar-refractivity contribution in [3.05, 3.63) is 35.9 Å². The number of ether oxygens (including phenoxy) is 10. The summed E-state index contributed by atoms with van der Waals surface area (Å²) in [6, 6.07) is 9.44. The Kier molecular flexibility index (Phi) is 11.2. The lowest BCUT2D eigenvalue weighted by atomic mass is 10.0. The Labute approximate surface area is 248 Å². The highest BCUT2D eigenvalue weighted by Gasteiger charge is 2.40. The van der Waals surface area contributed by atoms with Crippen molar-refractivity contribution in [1.82, 2.24) is 5.32 Å². The van der Waals surface area contributed by atoms with Gasteiger partial charge < -0.3 is 52.7 Å². The Morgan fingerprint density at radius 3 is 1.40 bits per heavy atom. The van der Waals surface area contributed by atoms with Crippen molar-refractivity contribution in [3.63, 3.8) is 0 Å². The first-order valence-corrected chi connectivity index (χ1v) is 14.5. The minimum Gasteiger partial charge on any atom is -0.445 e. The molecular formula is C30H47NO11. The van der Waals surface area contributed by atoms with Crippen LogP contribution < -0.4 is 5.32 Å². The molecule has 3 saturated heterocycles. The van der Waals surface area contributed by atoms with Crippen molar-refractivity contribution < 1.29 is 52.2 Å². The van der Waals surface area contributed by atoms with Crippen LogP contribution in [0.1, 0.15) is 47.1 Å². The van der Waals surface area contributed by atoms with E-state index in [0.29, 0.717) is 39.6 Å². The van der Waals surface area contributed by atoms with Crippen LogP contribution in [0.3, 0.4) is 0 Å². The fraction of sp³-hybridized carbons (Fsp3) is 0.767. The molecule has 238 valence electrons. The summed E-state index contributed by atoms with van der Waals surface area (Å²) in [6.07, 6.45) is -1.71. The molecule has 0 atom stereocenters. The van der Waals surface area contributed by atoms with Gasteiger partial charge in [-0.2, -0.15) is 0 Å². The molecule has 3 heterocycles. The van der Waals surface area contributed by atoms with Crippen molar-refractivity contribution in [2.75, 3.05) is 59.5 Å². The molecule has 0 aliphatic carbocycles. The van der Waals surface area contributed by atoms with Gasteiger partial charge in [0.15, 0.2) is 17.4 Å². The quantitative estimate of drug-likeness (QED) is 0.382. The highest BCUT2D eigenvalue weighted by molar-refractivity contribution is 5.68. The van der Waals surface area contributed by atoms with E-state index in [4.69, 9.17) is 47.4 Å². The predicted molar refractivity (Wildman–Crippen MR) is 150 cm³/mol. The first kappa shape index (κ1) is 33.0. The second kappa shape index (κ2) is 14.3. The van der Waals surface area contributed by atoms with Crippen LogP contribution in [0.5, 0.6) is 0 Å². The van der Waals surface area contributed by atoms with Crippen molar-refractivity contribution in [1.29, 1.82) is 0 Å². The van der Waals surface area contributed by atoms with Crippen LogP contribution in [0, 0.1) is 0 Å².